The van der Waals surface area contributed by atoms with Gasteiger partial charge in [0.1, 0.15) is 0 Å². The Morgan fingerprint density at radius 2 is 1.94 bits per heavy atom. The maximum absolute atomic E-state index is 12.3. The number of nitrogen functional groups attached to an aromatic ring is 1. The Bertz CT molecular complexity index is 420. The van der Waals surface area contributed by atoms with Crippen molar-refractivity contribution in [1.82, 2.24) is 4.90 Å². The average Bonchev–Trinajstić information content (AvgIpc) is 2.28. The molecular formula is C13H19ClN2OS. The highest BCUT2D eigenvalue weighted by atomic mass is 35.5. The van der Waals surface area contributed by atoms with Crippen molar-refractivity contribution in [3.8, 4) is 0 Å². The molecule has 1 aromatic rings. The van der Waals surface area contributed by atoms with Crippen LogP contribution in [0.15, 0.2) is 24.3 Å². The van der Waals surface area contributed by atoms with Gasteiger partial charge >= 0.3 is 0 Å². The second-order valence-corrected chi connectivity index (χ2v) is 6.76. The van der Waals surface area contributed by atoms with E-state index in [0.717, 1.165) is 24.4 Å². The second-order valence-electron chi connectivity index (χ2n) is 4.96. The summed E-state index contributed by atoms with van der Waals surface area (Å²) < 4.78 is 0.154. The minimum absolute atomic E-state index is 0. The zero-order valence-electron chi connectivity index (χ0n) is 10.7. The first-order valence-electron chi connectivity index (χ1n) is 5.77. The Morgan fingerprint density at radius 1 is 1.33 bits per heavy atom. The van der Waals surface area contributed by atoms with E-state index >= 15 is 0 Å². The van der Waals surface area contributed by atoms with Crippen LogP contribution >= 0.6 is 24.2 Å². The normalized spacial score (nSPS) is 18.0. The molecule has 0 spiro atoms. The van der Waals surface area contributed by atoms with E-state index in [0.29, 0.717) is 5.69 Å². The van der Waals surface area contributed by atoms with E-state index in [4.69, 9.17) is 5.73 Å². The van der Waals surface area contributed by atoms with E-state index in [-0.39, 0.29) is 23.1 Å². The van der Waals surface area contributed by atoms with Crippen molar-refractivity contribution in [3.63, 3.8) is 0 Å². The molecule has 1 aliphatic heterocycles. The number of halogens is 1. The summed E-state index contributed by atoms with van der Waals surface area (Å²) in [5.41, 5.74) is 7.03. The maximum Gasteiger partial charge on any atom is 0.253 e. The zero-order chi connectivity index (χ0) is 12.5. The number of hydrogen-bond acceptors (Lipinski definition) is 3. The molecule has 0 aromatic heterocycles. The number of anilines is 1. The lowest BCUT2D eigenvalue weighted by Gasteiger charge is -2.37. The van der Waals surface area contributed by atoms with E-state index in [2.05, 4.69) is 13.8 Å². The van der Waals surface area contributed by atoms with E-state index in [9.17, 15) is 4.79 Å². The summed E-state index contributed by atoms with van der Waals surface area (Å²) >= 11 is 1.93. The van der Waals surface area contributed by atoms with Crippen LogP contribution in [-0.4, -0.2) is 34.4 Å². The van der Waals surface area contributed by atoms with Crippen LogP contribution in [0, 0.1) is 0 Å². The van der Waals surface area contributed by atoms with Gasteiger partial charge in [-0.25, -0.2) is 0 Å². The van der Waals surface area contributed by atoms with Crippen LogP contribution in [-0.2, 0) is 0 Å². The molecule has 2 N–H and O–H groups in total. The predicted molar refractivity (Wildman–Crippen MR) is 80.5 cm³/mol. The first kappa shape index (κ1) is 15.2. The van der Waals surface area contributed by atoms with E-state index in [1.807, 2.05) is 16.7 Å². The molecule has 5 heteroatoms. The number of rotatable bonds is 1. The molecule has 1 aromatic carbocycles. The number of amides is 1. The van der Waals surface area contributed by atoms with Gasteiger partial charge in [-0.15, -0.1) is 12.4 Å². The maximum atomic E-state index is 12.3. The summed E-state index contributed by atoms with van der Waals surface area (Å²) in [5.74, 6) is 1.12. The van der Waals surface area contributed by atoms with Crippen molar-refractivity contribution in [2.75, 3.05) is 24.6 Å². The molecule has 0 saturated carbocycles. The number of benzene rings is 1. The topological polar surface area (TPSA) is 46.3 Å². The molecule has 1 heterocycles. The summed E-state index contributed by atoms with van der Waals surface area (Å²) in [4.78, 5) is 14.2. The van der Waals surface area contributed by atoms with Gasteiger partial charge in [-0.1, -0.05) is 0 Å². The first-order chi connectivity index (χ1) is 7.98. The number of thioether (sulfide) groups is 1. The highest BCUT2D eigenvalue weighted by Gasteiger charge is 2.29. The Morgan fingerprint density at radius 3 is 2.50 bits per heavy atom. The Kier molecular flexibility index (Phi) is 4.93. The molecule has 100 valence electrons. The summed E-state index contributed by atoms with van der Waals surface area (Å²) in [6, 6.07) is 7.15. The second kappa shape index (κ2) is 5.85. The van der Waals surface area contributed by atoms with Crippen molar-refractivity contribution in [3.05, 3.63) is 29.8 Å². The van der Waals surface area contributed by atoms with Gasteiger partial charge in [0, 0.05) is 34.8 Å². The molecule has 0 radical (unpaired) electrons. The molecule has 18 heavy (non-hydrogen) atoms. The van der Waals surface area contributed by atoms with Gasteiger partial charge in [-0.3, -0.25) is 4.79 Å². The van der Waals surface area contributed by atoms with Crippen LogP contribution in [0.1, 0.15) is 24.2 Å². The number of nitrogens with two attached hydrogens (primary N) is 1. The van der Waals surface area contributed by atoms with E-state index < -0.39 is 0 Å². The van der Waals surface area contributed by atoms with Gasteiger partial charge < -0.3 is 10.6 Å². The number of hydrogen-bond donors (Lipinski definition) is 1. The highest BCUT2D eigenvalue weighted by molar-refractivity contribution is 8.00. The standard InChI is InChI=1S/C13H18N2OS.ClH/c1-13(2)9-15(7-8-17-13)12(16)10-3-5-11(14)6-4-10;/h3-6H,7-9,14H2,1-2H3;1H. The van der Waals surface area contributed by atoms with Gasteiger partial charge in [0.25, 0.3) is 5.91 Å². The fourth-order valence-electron chi connectivity index (χ4n) is 2.00. The average molecular weight is 287 g/mol. The Balaban J connectivity index is 0.00000162. The summed E-state index contributed by atoms with van der Waals surface area (Å²) in [6.45, 7) is 6.00. The van der Waals surface area contributed by atoms with Crippen LogP contribution in [0.3, 0.4) is 0 Å². The fourth-order valence-corrected chi connectivity index (χ4v) is 3.11. The SMILES string of the molecule is CC1(C)CN(C(=O)c2ccc(N)cc2)CCS1.Cl. The quantitative estimate of drug-likeness (QED) is 0.808. The van der Waals surface area contributed by atoms with Gasteiger partial charge in [-0.2, -0.15) is 11.8 Å². The largest absolute Gasteiger partial charge is 0.399 e. The Hall–Kier alpha value is -0.870. The summed E-state index contributed by atoms with van der Waals surface area (Å²) in [6.07, 6.45) is 0. The van der Waals surface area contributed by atoms with Crippen molar-refractivity contribution in [2.24, 2.45) is 0 Å². The van der Waals surface area contributed by atoms with Gasteiger partial charge in [0.05, 0.1) is 0 Å². The van der Waals surface area contributed by atoms with E-state index in [1.165, 1.54) is 0 Å². The van der Waals surface area contributed by atoms with Crippen LogP contribution in [0.2, 0.25) is 0 Å². The third-order valence-electron chi connectivity index (χ3n) is 2.87. The molecule has 1 aliphatic rings. The van der Waals surface area contributed by atoms with Crippen molar-refractivity contribution >= 4 is 35.8 Å². The summed E-state index contributed by atoms with van der Waals surface area (Å²) in [7, 11) is 0. The van der Waals surface area contributed by atoms with E-state index in [1.54, 1.807) is 24.3 Å². The van der Waals surface area contributed by atoms with Crippen LogP contribution in [0.25, 0.3) is 0 Å². The van der Waals surface area contributed by atoms with Crippen molar-refractivity contribution in [1.29, 1.82) is 0 Å². The van der Waals surface area contributed by atoms with Gasteiger partial charge in [0.2, 0.25) is 0 Å². The van der Waals surface area contributed by atoms with Crippen molar-refractivity contribution < 1.29 is 4.79 Å². The molecule has 0 aliphatic carbocycles. The molecular weight excluding hydrogens is 268 g/mol. The molecule has 0 unspecified atom stereocenters. The van der Waals surface area contributed by atoms with Crippen LogP contribution in [0.4, 0.5) is 5.69 Å². The third-order valence-corrected chi connectivity index (χ3v) is 4.17. The zero-order valence-corrected chi connectivity index (χ0v) is 12.3. The Labute approximate surface area is 119 Å². The smallest absolute Gasteiger partial charge is 0.253 e. The number of nitrogens with zero attached hydrogens (tertiary/aromatic N) is 1. The molecule has 3 nitrogen and oxygen atoms in total. The number of carbonyl (C=O) groups excluding carboxylic acids is 1. The monoisotopic (exact) mass is 286 g/mol. The lowest BCUT2D eigenvalue weighted by Crippen LogP contribution is -2.46. The lowest BCUT2D eigenvalue weighted by molar-refractivity contribution is 0.0748. The van der Waals surface area contributed by atoms with Crippen molar-refractivity contribution in [2.45, 2.75) is 18.6 Å². The van der Waals surface area contributed by atoms with Crippen LogP contribution in [0.5, 0.6) is 0 Å². The summed E-state index contributed by atoms with van der Waals surface area (Å²) in [5, 5.41) is 0. The minimum Gasteiger partial charge on any atom is -0.399 e. The first-order valence-corrected chi connectivity index (χ1v) is 6.75. The number of carbonyl (C=O) groups is 1. The minimum atomic E-state index is 0. The molecule has 1 saturated heterocycles. The molecule has 1 fully saturated rings. The van der Waals surface area contributed by atoms with Gasteiger partial charge in [-0.05, 0) is 38.1 Å². The van der Waals surface area contributed by atoms with Crippen LogP contribution < -0.4 is 5.73 Å². The van der Waals surface area contributed by atoms with Gasteiger partial charge in [0.15, 0.2) is 0 Å². The lowest BCUT2D eigenvalue weighted by atomic mass is 10.1. The molecule has 1 amide bonds. The predicted octanol–water partition coefficient (Wildman–Crippen LogP) is 2.66. The fraction of sp³-hybridized carbons (Fsp3) is 0.462. The molecule has 2 rings (SSSR count). The molecule has 0 atom stereocenters. The third kappa shape index (κ3) is 3.56. The highest BCUT2D eigenvalue weighted by Crippen LogP contribution is 2.30. The molecule has 0 bridgehead atoms.